The standard InChI is InChI=1S/C46H30N2/c1-2-12-31(13-3-1)33-24-27-35(28-25-33)47-41-20-8-6-16-39(41)45-37(18-10-22-43(45)47)38-19-11-23-44-46(38)40-17-7-9-21-42(40)48(44)36-29-26-32-14-4-5-15-34(32)30-36/h1-30H. The van der Waals surface area contributed by atoms with E-state index in [2.05, 4.69) is 191 Å². The lowest BCUT2D eigenvalue weighted by molar-refractivity contribution is 1.18. The molecule has 0 unspecified atom stereocenters. The van der Waals surface area contributed by atoms with Gasteiger partial charge in [0.2, 0.25) is 0 Å². The van der Waals surface area contributed by atoms with Gasteiger partial charge in [-0.3, -0.25) is 0 Å². The summed E-state index contributed by atoms with van der Waals surface area (Å²) >= 11 is 0. The molecule has 0 saturated heterocycles. The molecule has 0 bridgehead atoms. The number of fused-ring (bicyclic) bond motifs is 7. The number of para-hydroxylation sites is 2. The number of nitrogens with zero attached hydrogens (tertiary/aromatic N) is 2. The van der Waals surface area contributed by atoms with Crippen LogP contribution in [0, 0.1) is 0 Å². The Labute approximate surface area is 278 Å². The first-order valence-electron chi connectivity index (χ1n) is 16.5. The minimum absolute atomic E-state index is 1.16. The first kappa shape index (κ1) is 26.8. The van der Waals surface area contributed by atoms with Gasteiger partial charge in [0.1, 0.15) is 0 Å². The summed E-state index contributed by atoms with van der Waals surface area (Å²) in [5.41, 5.74) is 12.1. The van der Waals surface area contributed by atoms with Crippen LogP contribution in [-0.2, 0) is 0 Å². The lowest BCUT2D eigenvalue weighted by atomic mass is 9.95. The van der Waals surface area contributed by atoms with Crippen molar-refractivity contribution in [3.8, 4) is 33.6 Å². The van der Waals surface area contributed by atoms with Crippen molar-refractivity contribution in [2.75, 3.05) is 0 Å². The lowest BCUT2D eigenvalue weighted by Crippen LogP contribution is -1.94. The smallest absolute Gasteiger partial charge is 0.0547 e. The molecule has 0 aliphatic carbocycles. The average molecular weight is 611 g/mol. The molecule has 0 fully saturated rings. The van der Waals surface area contributed by atoms with E-state index in [0.29, 0.717) is 0 Å². The van der Waals surface area contributed by atoms with Gasteiger partial charge in [-0.25, -0.2) is 0 Å². The molecule has 0 N–H and O–H groups in total. The fraction of sp³-hybridized carbons (Fsp3) is 0. The van der Waals surface area contributed by atoms with E-state index in [9.17, 15) is 0 Å². The fourth-order valence-electron chi connectivity index (χ4n) is 7.79. The summed E-state index contributed by atoms with van der Waals surface area (Å²) in [7, 11) is 0. The van der Waals surface area contributed by atoms with Gasteiger partial charge in [-0.1, -0.05) is 133 Å². The Morgan fingerprint density at radius 3 is 1.42 bits per heavy atom. The monoisotopic (exact) mass is 610 g/mol. The molecular formula is C46H30N2. The summed E-state index contributed by atoms with van der Waals surface area (Å²) in [6, 6.07) is 66.2. The molecule has 0 amide bonds. The van der Waals surface area contributed by atoms with E-state index in [-0.39, 0.29) is 0 Å². The average Bonchev–Trinajstić information content (AvgIpc) is 3.68. The van der Waals surface area contributed by atoms with Crippen molar-refractivity contribution in [1.82, 2.24) is 9.13 Å². The molecule has 0 saturated carbocycles. The Morgan fingerprint density at radius 1 is 0.292 bits per heavy atom. The molecule has 2 nitrogen and oxygen atoms in total. The van der Waals surface area contributed by atoms with Crippen molar-refractivity contribution in [3.05, 3.63) is 182 Å². The van der Waals surface area contributed by atoms with E-state index in [0.717, 1.165) is 5.69 Å². The summed E-state index contributed by atoms with van der Waals surface area (Å²) in [5, 5.41) is 7.55. The van der Waals surface area contributed by atoms with Crippen LogP contribution in [0.1, 0.15) is 0 Å². The molecule has 48 heavy (non-hydrogen) atoms. The lowest BCUT2D eigenvalue weighted by Gasteiger charge is -2.11. The van der Waals surface area contributed by atoms with Gasteiger partial charge in [-0.05, 0) is 81.6 Å². The number of hydrogen-bond acceptors (Lipinski definition) is 0. The highest BCUT2D eigenvalue weighted by Crippen LogP contribution is 2.44. The Kier molecular flexibility index (Phi) is 5.91. The molecule has 10 rings (SSSR count). The zero-order chi connectivity index (χ0) is 31.6. The van der Waals surface area contributed by atoms with E-state index in [1.165, 1.54) is 82.3 Å². The van der Waals surface area contributed by atoms with Crippen LogP contribution in [0.4, 0.5) is 0 Å². The van der Waals surface area contributed by atoms with Crippen LogP contribution in [0.25, 0.3) is 88.0 Å². The molecule has 10 aromatic rings. The zero-order valence-corrected chi connectivity index (χ0v) is 26.2. The minimum atomic E-state index is 1.16. The molecule has 2 heteroatoms. The van der Waals surface area contributed by atoms with Gasteiger partial charge in [0.05, 0.1) is 22.1 Å². The maximum Gasteiger partial charge on any atom is 0.0547 e. The molecule has 0 atom stereocenters. The zero-order valence-electron chi connectivity index (χ0n) is 26.2. The van der Waals surface area contributed by atoms with E-state index in [1.54, 1.807) is 0 Å². The second-order valence-corrected chi connectivity index (χ2v) is 12.5. The third kappa shape index (κ3) is 4.00. The molecule has 0 spiro atoms. The summed E-state index contributed by atoms with van der Waals surface area (Å²) < 4.78 is 4.85. The SMILES string of the molecule is c1ccc(-c2ccc(-n3c4ccccc4c4c(-c5cccc6c5c5ccccc5n6-c5ccc6ccccc6c5)cccc43)cc2)cc1. The van der Waals surface area contributed by atoms with Gasteiger partial charge in [-0.2, -0.15) is 0 Å². The third-order valence-electron chi connectivity index (χ3n) is 9.91. The maximum atomic E-state index is 2.43. The molecule has 224 valence electrons. The van der Waals surface area contributed by atoms with Crippen molar-refractivity contribution in [1.29, 1.82) is 0 Å². The van der Waals surface area contributed by atoms with Gasteiger partial charge in [-0.15, -0.1) is 0 Å². The number of rotatable bonds is 4. The van der Waals surface area contributed by atoms with Crippen molar-refractivity contribution in [2.45, 2.75) is 0 Å². The van der Waals surface area contributed by atoms with Gasteiger partial charge in [0.25, 0.3) is 0 Å². The van der Waals surface area contributed by atoms with E-state index in [1.807, 2.05) is 0 Å². The van der Waals surface area contributed by atoms with Crippen LogP contribution in [0.15, 0.2) is 182 Å². The highest BCUT2D eigenvalue weighted by Gasteiger charge is 2.20. The van der Waals surface area contributed by atoms with Crippen molar-refractivity contribution in [3.63, 3.8) is 0 Å². The van der Waals surface area contributed by atoms with E-state index < -0.39 is 0 Å². The maximum absolute atomic E-state index is 2.43. The summed E-state index contributed by atoms with van der Waals surface area (Å²) in [4.78, 5) is 0. The topological polar surface area (TPSA) is 9.86 Å². The Bertz CT molecular complexity index is 2820. The number of benzene rings is 8. The molecule has 0 aliphatic heterocycles. The van der Waals surface area contributed by atoms with Crippen LogP contribution in [0.3, 0.4) is 0 Å². The second kappa shape index (κ2) is 10.6. The highest BCUT2D eigenvalue weighted by atomic mass is 15.0. The van der Waals surface area contributed by atoms with Crippen LogP contribution in [0.2, 0.25) is 0 Å². The van der Waals surface area contributed by atoms with E-state index in [4.69, 9.17) is 0 Å². The quantitative estimate of drug-likeness (QED) is 0.188. The predicted octanol–water partition coefficient (Wildman–Crippen LogP) is 12.4. The van der Waals surface area contributed by atoms with Crippen molar-refractivity contribution < 1.29 is 0 Å². The predicted molar refractivity (Wildman–Crippen MR) is 203 cm³/mol. The summed E-state index contributed by atoms with van der Waals surface area (Å²) in [6.07, 6.45) is 0. The molecule has 0 radical (unpaired) electrons. The molecule has 2 heterocycles. The third-order valence-corrected chi connectivity index (χ3v) is 9.91. The normalized spacial score (nSPS) is 11.8. The molecular weight excluding hydrogens is 581 g/mol. The minimum Gasteiger partial charge on any atom is -0.309 e. The Morgan fingerprint density at radius 2 is 0.771 bits per heavy atom. The highest BCUT2D eigenvalue weighted by molar-refractivity contribution is 6.22. The Balaban J connectivity index is 1.23. The van der Waals surface area contributed by atoms with Gasteiger partial charge in [0, 0.05) is 32.9 Å². The van der Waals surface area contributed by atoms with E-state index >= 15 is 0 Å². The molecule has 0 aliphatic rings. The van der Waals surface area contributed by atoms with Crippen molar-refractivity contribution >= 4 is 54.4 Å². The molecule has 2 aromatic heterocycles. The molecule has 8 aromatic carbocycles. The van der Waals surface area contributed by atoms with Gasteiger partial charge < -0.3 is 9.13 Å². The largest absolute Gasteiger partial charge is 0.309 e. The number of hydrogen-bond donors (Lipinski definition) is 0. The summed E-state index contributed by atoms with van der Waals surface area (Å²) in [5.74, 6) is 0. The van der Waals surface area contributed by atoms with Crippen LogP contribution < -0.4 is 0 Å². The van der Waals surface area contributed by atoms with Gasteiger partial charge in [0.15, 0.2) is 0 Å². The fourth-order valence-corrected chi connectivity index (χ4v) is 7.79. The second-order valence-electron chi connectivity index (χ2n) is 12.5. The van der Waals surface area contributed by atoms with Crippen LogP contribution >= 0.6 is 0 Å². The van der Waals surface area contributed by atoms with Gasteiger partial charge >= 0.3 is 0 Å². The first-order chi connectivity index (χ1) is 23.8. The van der Waals surface area contributed by atoms with Crippen molar-refractivity contribution in [2.24, 2.45) is 0 Å². The summed E-state index contributed by atoms with van der Waals surface area (Å²) in [6.45, 7) is 0. The van der Waals surface area contributed by atoms with Crippen LogP contribution in [-0.4, -0.2) is 9.13 Å². The number of aromatic nitrogens is 2. The first-order valence-corrected chi connectivity index (χ1v) is 16.5. The Hall–Kier alpha value is -6.38. The van der Waals surface area contributed by atoms with Crippen LogP contribution in [0.5, 0.6) is 0 Å².